The molecule has 0 atom stereocenters. The van der Waals surface area contributed by atoms with Gasteiger partial charge in [0.05, 0.1) is 6.54 Å². The first-order valence-electron chi connectivity index (χ1n) is 5.85. The Labute approximate surface area is 101 Å². The van der Waals surface area contributed by atoms with Crippen molar-refractivity contribution >= 4 is 6.09 Å². The Morgan fingerprint density at radius 1 is 1.41 bits per heavy atom. The van der Waals surface area contributed by atoms with E-state index in [9.17, 15) is 4.79 Å². The number of hydrogen-bond acceptors (Lipinski definition) is 2. The highest BCUT2D eigenvalue weighted by Gasteiger charge is 2.23. The van der Waals surface area contributed by atoms with Gasteiger partial charge in [-0.3, -0.25) is 4.98 Å². The van der Waals surface area contributed by atoms with Gasteiger partial charge in [-0.1, -0.05) is 26.8 Å². The first kappa shape index (κ1) is 11.9. The summed E-state index contributed by atoms with van der Waals surface area (Å²) in [6.07, 6.45) is -0.138. The van der Waals surface area contributed by atoms with E-state index in [1.165, 1.54) is 4.90 Å². The molecule has 0 saturated heterocycles. The second-order valence-corrected chi connectivity index (χ2v) is 5.51. The molecule has 4 heteroatoms. The van der Waals surface area contributed by atoms with Gasteiger partial charge >= 0.3 is 6.09 Å². The molecule has 0 spiro atoms. The topological polar surface area (TPSA) is 53.4 Å². The SMILES string of the molecule is CC(C)(C)c1ccc2c(n1)CCN(C(=O)O)C2. The Hall–Kier alpha value is -1.58. The standard InChI is InChI=1S/C13H18N2O2/c1-13(2,3)11-5-4-9-8-15(12(16)17)7-6-10(9)14-11/h4-5H,6-8H2,1-3H3,(H,16,17). The first-order chi connectivity index (χ1) is 7.88. The fourth-order valence-electron chi connectivity index (χ4n) is 2.00. The number of carbonyl (C=O) groups is 1. The summed E-state index contributed by atoms with van der Waals surface area (Å²) in [5.41, 5.74) is 3.19. The van der Waals surface area contributed by atoms with E-state index in [0.29, 0.717) is 19.5 Å². The van der Waals surface area contributed by atoms with Crippen LogP contribution in [-0.4, -0.2) is 27.6 Å². The molecule has 0 aliphatic carbocycles. The number of pyridine rings is 1. The van der Waals surface area contributed by atoms with Gasteiger partial charge in [0, 0.05) is 29.8 Å². The molecule has 0 radical (unpaired) electrons. The molecule has 0 aromatic carbocycles. The smallest absolute Gasteiger partial charge is 0.407 e. The predicted octanol–water partition coefficient (Wildman–Crippen LogP) is 2.42. The van der Waals surface area contributed by atoms with Crippen molar-refractivity contribution in [2.75, 3.05) is 6.54 Å². The summed E-state index contributed by atoms with van der Waals surface area (Å²) in [4.78, 5) is 17.0. The highest BCUT2D eigenvalue weighted by atomic mass is 16.4. The summed E-state index contributed by atoms with van der Waals surface area (Å²) >= 11 is 0. The van der Waals surface area contributed by atoms with Gasteiger partial charge in [-0.2, -0.15) is 0 Å². The van der Waals surface area contributed by atoms with Gasteiger partial charge in [-0.05, 0) is 11.6 Å². The van der Waals surface area contributed by atoms with Crippen LogP contribution in [-0.2, 0) is 18.4 Å². The van der Waals surface area contributed by atoms with E-state index in [1.54, 1.807) is 0 Å². The molecular formula is C13H18N2O2. The minimum atomic E-state index is -0.851. The summed E-state index contributed by atoms with van der Waals surface area (Å²) in [5.74, 6) is 0. The van der Waals surface area contributed by atoms with Crippen molar-refractivity contribution in [3.8, 4) is 0 Å². The van der Waals surface area contributed by atoms with Crippen LogP contribution in [0.1, 0.15) is 37.7 Å². The molecule has 4 nitrogen and oxygen atoms in total. The van der Waals surface area contributed by atoms with Crippen molar-refractivity contribution in [2.24, 2.45) is 0 Å². The maximum atomic E-state index is 10.9. The highest BCUT2D eigenvalue weighted by molar-refractivity contribution is 5.65. The van der Waals surface area contributed by atoms with Crippen LogP contribution in [0.5, 0.6) is 0 Å². The van der Waals surface area contributed by atoms with Gasteiger partial charge < -0.3 is 10.0 Å². The second-order valence-electron chi connectivity index (χ2n) is 5.51. The summed E-state index contributed by atoms with van der Waals surface area (Å²) in [5, 5.41) is 8.95. The number of aromatic nitrogens is 1. The van der Waals surface area contributed by atoms with E-state index >= 15 is 0 Å². The number of amides is 1. The number of nitrogens with zero attached hydrogens (tertiary/aromatic N) is 2. The molecule has 2 heterocycles. The summed E-state index contributed by atoms with van der Waals surface area (Å²) in [6.45, 7) is 7.40. The van der Waals surface area contributed by atoms with Crippen LogP contribution in [0.3, 0.4) is 0 Å². The Morgan fingerprint density at radius 3 is 2.71 bits per heavy atom. The van der Waals surface area contributed by atoms with Crippen LogP contribution in [0.25, 0.3) is 0 Å². The monoisotopic (exact) mass is 234 g/mol. The van der Waals surface area contributed by atoms with Crippen LogP contribution in [0, 0.1) is 0 Å². The Kier molecular flexibility index (Phi) is 2.81. The van der Waals surface area contributed by atoms with Gasteiger partial charge in [0.25, 0.3) is 0 Å². The zero-order valence-electron chi connectivity index (χ0n) is 10.5. The van der Waals surface area contributed by atoms with E-state index in [0.717, 1.165) is 17.0 Å². The zero-order valence-corrected chi connectivity index (χ0v) is 10.5. The minimum absolute atomic E-state index is 0.0406. The molecular weight excluding hydrogens is 216 g/mol. The average Bonchev–Trinajstić information content (AvgIpc) is 2.26. The van der Waals surface area contributed by atoms with Crippen molar-refractivity contribution in [1.82, 2.24) is 9.88 Å². The minimum Gasteiger partial charge on any atom is -0.465 e. The molecule has 2 rings (SSSR count). The Bertz CT molecular complexity index is 449. The fourth-order valence-corrected chi connectivity index (χ4v) is 2.00. The van der Waals surface area contributed by atoms with Crippen LogP contribution in [0.15, 0.2) is 12.1 Å². The van der Waals surface area contributed by atoms with E-state index in [-0.39, 0.29) is 5.41 Å². The molecule has 1 aromatic heterocycles. The van der Waals surface area contributed by atoms with E-state index in [1.807, 2.05) is 12.1 Å². The Morgan fingerprint density at radius 2 is 2.12 bits per heavy atom. The predicted molar refractivity (Wildman–Crippen MR) is 65.1 cm³/mol. The lowest BCUT2D eigenvalue weighted by molar-refractivity contribution is 0.139. The lowest BCUT2D eigenvalue weighted by atomic mass is 9.90. The van der Waals surface area contributed by atoms with Crippen LogP contribution in [0.4, 0.5) is 4.79 Å². The normalized spacial score (nSPS) is 15.6. The average molecular weight is 234 g/mol. The molecule has 17 heavy (non-hydrogen) atoms. The van der Waals surface area contributed by atoms with Crippen LogP contribution >= 0.6 is 0 Å². The van der Waals surface area contributed by atoms with Crippen molar-refractivity contribution in [3.63, 3.8) is 0 Å². The second kappa shape index (κ2) is 4.02. The maximum absolute atomic E-state index is 10.9. The molecule has 1 N–H and O–H groups in total. The molecule has 0 saturated carbocycles. The van der Waals surface area contributed by atoms with Crippen molar-refractivity contribution in [3.05, 3.63) is 29.1 Å². The Balaban J connectivity index is 2.29. The van der Waals surface area contributed by atoms with Gasteiger partial charge in [0.15, 0.2) is 0 Å². The van der Waals surface area contributed by atoms with E-state index in [4.69, 9.17) is 5.11 Å². The third-order valence-corrected chi connectivity index (χ3v) is 3.09. The third kappa shape index (κ3) is 2.40. The summed E-state index contributed by atoms with van der Waals surface area (Å²) < 4.78 is 0. The fraction of sp³-hybridized carbons (Fsp3) is 0.538. The molecule has 0 fully saturated rings. The zero-order chi connectivity index (χ0) is 12.6. The van der Waals surface area contributed by atoms with Crippen molar-refractivity contribution in [2.45, 2.75) is 39.2 Å². The molecule has 0 bridgehead atoms. The van der Waals surface area contributed by atoms with E-state index in [2.05, 4.69) is 25.8 Å². The number of rotatable bonds is 0. The van der Waals surface area contributed by atoms with Crippen molar-refractivity contribution in [1.29, 1.82) is 0 Å². The number of carboxylic acid groups (broad SMARTS) is 1. The van der Waals surface area contributed by atoms with Crippen molar-refractivity contribution < 1.29 is 9.90 Å². The molecule has 0 unspecified atom stereocenters. The third-order valence-electron chi connectivity index (χ3n) is 3.09. The quantitative estimate of drug-likeness (QED) is 0.750. The highest BCUT2D eigenvalue weighted by Crippen LogP contribution is 2.24. The molecule has 1 aliphatic heterocycles. The lowest BCUT2D eigenvalue weighted by Gasteiger charge is -2.27. The summed E-state index contributed by atoms with van der Waals surface area (Å²) in [6, 6.07) is 4.02. The number of fused-ring (bicyclic) bond motifs is 1. The maximum Gasteiger partial charge on any atom is 0.407 e. The molecule has 1 aromatic rings. The molecule has 92 valence electrons. The van der Waals surface area contributed by atoms with Gasteiger partial charge in [-0.15, -0.1) is 0 Å². The van der Waals surface area contributed by atoms with Gasteiger partial charge in [0.2, 0.25) is 0 Å². The van der Waals surface area contributed by atoms with Crippen LogP contribution < -0.4 is 0 Å². The molecule has 1 amide bonds. The van der Waals surface area contributed by atoms with E-state index < -0.39 is 6.09 Å². The van der Waals surface area contributed by atoms with Gasteiger partial charge in [-0.25, -0.2) is 4.79 Å². The summed E-state index contributed by atoms with van der Waals surface area (Å²) in [7, 11) is 0. The lowest BCUT2D eigenvalue weighted by Crippen LogP contribution is -2.35. The van der Waals surface area contributed by atoms with Crippen LogP contribution in [0.2, 0.25) is 0 Å². The van der Waals surface area contributed by atoms with Gasteiger partial charge in [0.1, 0.15) is 0 Å². The first-order valence-corrected chi connectivity index (χ1v) is 5.85. The molecule has 1 aliphatic rings. The largest absolute Gasteiger partial charge is 0.465 e. The number of hydrogen-bond donors (Lipinski definition) is 1.